The largest absolute Gasteiger partial charge is 0.350 e. The lowest BCUT2D eigenvalue weighted by molar-refractivity contribution is -0.124. The summed E-state index contributed by atoms with van der Waals surface area (Å²) in [5.74, 6) is -0.161. The molecule has 0 aliphatic rings. The smallest absolute Gasteiger partial charge is 0.245 e. The number of carbonyl (C=O) groups excluding carboxylic acids is 1. The van der Waals surface area contributed by atoms with Gasteiger partial charge >= 0.3 is 0 Å². The molecular formula is C17H16ClN5O. The van der Waals surface area contributed by atoms with Crippen molar-refractivity contribution in [3.8, 4) is 0 Å². The molecule has 3 aromatic rings. The van der Waals surface area contributed by atoms with Gasteiger partial charge in [0.05, 0.1) is 0 Å². The number of hydrogen-bond donors (Lipinski definition) is 1. The van der Waals surface area contributed by atoms with E-state index in [2.05, 4.69) is 20.8 Å². The van der Waals surface area contributed by atoms with E-state index in [9.17, 15) is 4.79 Å². The normalized spacial score (nSPS) is 11.9. The third kappa shape index (κ3) is 3.97. The Morgan fingerprint density at radius 2 is 1.88 bits per heavy atom. The number of nitrogens with one attached hydrogen (secondary N) is 1. The third-order valence-electron chi connectivity index (χ3n) is 3.67. The van der Waals surface area contributed by atoms with Crippen LogP contribution < -0.4 is 5.32 Å². The zero-order chi connectivity index (χ0) is 16.8. The molecule has 6 nitrogen and oxygen atoms in total. The van der Waals surface area contributed by atoms with Crippen molar-refractivity contribution in [2.45, 2.75) is 19.0 Å². The monoisotopic (exact) mass is 341 g/mol. The van der Waals surface area contributed by atoms with Crippen molar-refractivity contribution in [3.05, 3.63) is 77.1 Å². The van der Waals surface area contributed by atoms with E-state index in [1.807, 2.05) is 48.5 Å². The maximum atomic E-state index is 12.7. The van der Waals surface area contributed by atoms with Gasteiger partial charge in [0.2, 0.25) is 5.91 Å². The molecule has 122 valence electrons. The number of tetrazole rings is 1. The van der Waals surface area contributed by atoms with Gasteiger partial charge in [0.15, 0.2) is 0 Å². The summed E-state index contributed by atoms with van der Waals surface area (Å²) in [5.41, 5.74) is 1.90. The van der Waals surface area contributed by atoms with Crippen LogP contribution in [0.5, 0.6) is 0 Å². The SMILES string of the molecule is O=C(NCc1ccccc1Cl)[C@H](Cc1ccccc1)n1cnnn1. The maximum Gasteiger partial charge on any atom is 0.245 e. The summed E-state index contributed by atoms with van der Waals surface area (Å²) < 4.78 is 1.47. The quantitative estimate of drug-likeness (QED) is 0.747. The zero-order valence-corrected chi connectivity index (χ0v) is 13.6. The van der Waals surface area contributed by atoms with Crippen LogP contribution in [-0.4, -0.2) is 26.1 Å². The fourth-order valence-corrected chi connectivity index (χ4v) is 2.60. The Balaban J connectivity index is 1.73. The molecule has 0 bridgehead atoms. The first-order valence-electron chi connectivity index (χ1n) is 7.51. The second-order valence-electron chi connectivity index (χ2n) is 5.30. The van der Waals surface area contributed by atoms with E-state index in [1.54, 1.807) is 6.07 Å². The van der Waals surface area contributed by atoms with Gasteiger partial charge in [-0.1, -0.05) is 60.1 Å². The summed E-state index contributed by atoms with van der Waals surface area (Å²) in [5, 5.41) is 14.7. The Hall–Kier alpha value is -2.73. The summed E-state index contributed by atoms with van der Waals surface area (Å²) >= 11 is 6.13. The molecule has 7 heteroatoms. The highest BCUT2D eigenvalue weighted by Gasteiger charge is 2.22. The molecule has 0 radical (unpaired) electrons. The van der Waals surface area contributed by atoms with Gasteiger partial charge in [-0.05, 0) is 27.6 Å². The number of amides is 1. The number of benzene rings is 2. The van der Waals surface area contributed by atoms with Crippen molar-refractivity contribution < 1.29 is 4.79 Å². The van der Waals surface area contributed by atoms with Gasteiger partial charge in [0, 0.05) is 18.0 Å². The highest BCUT2D eigenvalue weighted by molar-refractivity contribution is 6.31. The molecule has 0 saturated heterocycles. The zero-order valence-electron chi connectivity index (χ0n) is 12.8. The molecule has 1 N–H and O–H groups in total. The van der Waals surface area contributed by atoms with Crippen LogP contribution in [0.15, 0.2) is 60.9 Å². The molecule has 2 aromatic carbocycles. The summed E-state index contributed by atoms with van der Waals surface area (Å²) in [6.07, 6.45) is 1.95. The number of hydrogen-bond acceptors (Lipinski definition) is 4. The van der Waals surface area contributed by atoms with Gasteiger partial charge in [0.25, 0.3) is 0 Å². The van der Waals surface area contributed by atoms with Gasteiger partial charge < -0.3 is 5.32 Å². The first kappa shape index (κ1) is 16.1. The van der Waals surface area contributed by atoms with Gasteiger partial charge in [-0.3, -0.25) is 4.79 Å². The number of carbonyl (C=O) groups is 1. The van der Waals surface area contributed by atoms with E-state index in [-0.39, 0.29) is 5.91 Å². The van der Waals surface area contributed by atoms with E-state index in [0.29, 0.717) is 18.0 Å². The third-order valence-corrected chi connectivity index (χ3v) is 4.04. The van der Waals surface area contributed by atoms with E-state index in [1.165, 1.54) is 11.0 Å². The Bertz CT molecular complexity index is 792. The average Bonchev–Trinajstić information content (AvgIpc) is 3.14. The van der Waals surface area contributed by atoms with Crippen molar-refractivity contribution in [1.82, 2.24) is 25.5 Å². The van der Waals surface area contributed by atoms with Crippen LogP contribution in [0.25, 0.3) is 0 Å². The van der Waals surface area contributed by atoms with Crippen LogP contribution in [0.2, 0.25) is 5.02 Å². The van der Waals surface area contributed by atoms with E-state index in [4.69, 9.17) is 11.6 Å². The molecular weight excluding hydrogens is 326 g/mol. The van der Waals surface area contributed by atoms with E-state index >= 15 is 0 Å². The van der Waals surface area contributed by atoms with Crippen molar-refractivity contribution in [1.29, 1.82) is 0 Å². The minimum atomic E-state index is -0.523. The Morgan fingerprint density at radius 1 is 1.12 bits per heavy atom. The second-order valence-corrected chi connectivity index (χ2v) is 5.71. The van der Waals surface area contributed by atoms with Gasteiger partial charge in [0.1, 0.15) is 12.4 Å². The lowest BCUT2D eigenvalue weighted by Gasteiger charge is -2.16. The number of rotatable bonds is 6. The molecule has 0 aliphatic heterocycles. The van der Waals surface area contributed by atoms with Crippen LogP contribution in [-0.2, 0) is 17.8 Å². The van der Waals surface area contributed by atoms with Crippen LogP contribution in [0.3, 0.4) is 0 Å². The summed E-state index contributed by atoms with van der Waals surface area (Å²) in [7, 11) is 0. The lowest BCUT2D eigenvalue weighted by atomic mass is 10.1. The first-order valence-corrected chi connectivity index (χ1v) is 7.89. The molecule has 1 aromatic heterocycles. The van der Waals surface area contributed by atoms with Gasteiger partial charge in [-0.25, -0.2) is 4.68 Å². The van der Waals surface area contributed by atoms with Gasteiger partial charge in [-0.15, -0.1) is 5.10 Å². The Morgan fingerprint density at radius 3 is 2.58 bits per heavy atom. The first-order chi connectivity index (χ1) is 11.7. The molecule has 0 spiro atoms. The molecule has 1 amide bonds. The van der Waals surface area contributed by atoms with E-state index in [0.717, 1.165) is 11.1 Å². The average molecular weight is 342 g/mol. The maximum absolute atomic E-state index is 12.7. The van der Waals surface area contributed by atoms with Crippen molar-refractivity contribution in [3.63, 3.8) is 0 Å². The summed E-state index contributed by atoms with van der Waals surface area (Å²) in [6, 6.07) is 16.6. The van der Waals surface area contributed by atoms with E-state index < -0.39 is 6.04 Å². The molecule has 1 heterocycles. The fourth-order valence-electron chi connectivity index (χ4n) is 2.40. The highest BCUT2D eigenvalue weighted by atomic mass is 35.5. The van der Waals surface area contributed by atoms with Crippen LogP contribution in [0.1, 0.15) is 17.2 Å². The number of halogens is 1. The molecule has 0 aliphatic carbocycles. The van der Waals surface area contributed by atoms with Crippen LogP contribution in [0, 0.1) is 0 Å². The van der Waals surface area contributed by atoms with Gasteiger partial charge in [-0.2, -0.15) is 0 Å². The minimum absolute atomic E-state index is 0.161. The topological polar surface area (TPSA) is 72.7 Å². The lowest BCUT2D eigenvalue weighted by Crippen LogP contribution is -2.34. The predicted octanol–water partition coefficient (Wildman–Crippen LogP) is 2.43. The molecule has 0 saturated carbocycles. The van der Waals surface area contributed by atoms with Crippen molar-refractivity contribution >= 4 is 17.5 Å². The summed E-state index contributed by atoms with van der Waals surface area (Å²) in [4.78, 5) is 12.7. The minimum Gasteiger partial charge on any atom is -0.350 e. The van der Waals surface area contributed by atoms with Crippen LogP contribution >= 0.6 is 11.6 Å². The number of nitrogens with zero attached hydrogens (tertiary/aromatic N) is 4. The number of aromatic nitrogens is 4. The standard InChI is InChI=1S/C17H16ClN5O/c18-15-9-5-4-8-14(15)11-19-17(24)16(23-12-20-21-22-23)10-13-6-2-1-3-7-13/h1-9,12,16H,10-11H2,(H,19,24)/t16-/m0/s1. The van der Waals surface area contributed by atoms with Crippen LogP contribution in [0.4, 0.5) is 0 Å². The Labute approximate surface area is 144 Å². The van der Waals surface area contributed by atoms with Crippen molar-refractivity contribution in [2.24, 2.45) is 0 Å². The van der Waals surface area contributed by atoms with Crippen molar-refractivity contribution in [2.75, 3.05) is 0 Å². The second kappa shape index (κ2) is 7.70. The highest BCUT2D eigenvalue weighted by Crippen LogP contribution is 2.16. The fraction of sp³-hybridized carbons (Fsp3) is 0.176. The molecule has 3 rings (SSSR count). The molecule has 24 heavy (non-hydrogen) atoms. The molecule has 1 atom stereocenters. The predicted molar refractivity (Wildman–Crippen MR) is 90.3 cm³/mol. The molecule has 0 unspecified atom stereocenters. The Kier molecular flexibility index (Phi) is 5.18. The summed E-state index contributed by atoms with van der Waals surface area (Å²) in [6.45, 7) is 0.353. The molecule has 0 fully saturated rings.